The molecule has 0 aromatic heterocycles. The van der Waals surface area contributed by atoms with Crippen LogP contribution in [0.3, 0.4) is 0 Å². The first kappa shape index (κ1) is 21.1. The van der Waals surface area contributed by atoms with Gasteiger partial charge in [0.05, 0.1) is 0 Å². The second kappa shape index (κ2) is 9.73. The number of hydrogen-bond donors (Lipinski definition) is 0. The van der Waals surface area contributed by atoms with Gasteiger partial charge in [0.2, 0.25) is 0 Å². The van der Waals surface area contributed by atoms with Crippen LogP contribution in [-0.2, 0) is 9.63 Å². The number of carbonyl (C=O) groups excluding carboxylic acids is 2. The number of Topliss-reactive ketones (excluding diaryl/α,β-unsaturated/α-hetero) is 1. The van der Waals surface area contributed by atoms with Crippen molar-refractivity contribution in [3.05, 3.63) is 100 Å². The molecule has 8 heteroatoms. The maximum atomic E-state index is 12.9. The van der Waals surface area contributed by atoms with E-state index in [-0.39, 0.29) is 32.1 Å². The number of non-ortho nitro benzene ring substituents is 1. The van der Waals surface area contributed by atoms with Gasteiger partial charge in [-0.3, -0.25) is 0 Å². The zero-order valence-corrected chi connectivity index (χ0v) is 17.6. The third-order valence-electron chi connectivity index (χ3n) is 3.93. The molecule has 0 spiro atoms. The van der Waals surface area contributed by atoms with Crippen molar-refractivity contribution < 1.29 is 19.3 Å². The van der Waals surface area contributed by atoms with Gasteiger partial charge >= 0.3 is 179 Å². The van der Waals surface area contributed by atoms with Crippen molar-refractivity contribution in [2.75, 3.05) is 0 Å². The molecule has 7 nitrogen and oxygen atoms in total. The molecule has 0 radical (unpaired) electrons. The minimum absolute atomic E-state index is 0.0411. The van der Waals surface area contributed by atoms with Crippen LogP contribution in [0, 0.1) is 10.1 Å². The summed E-state index contributed by atoms with van der Waals surface area (Å²) in [6, 6.07) is 22.3. The molecule has 0 heterocycles. The molecule has 0 saturated heterocycles. The van der Waals surface area contributed by atoms with Crippen molar-refractivity contribution in [1.29, 1.82) is 0 Å². The van der Waals surface area contributed by atoms with Gasteiger partial charge < -0.3 is 0 Å². The number of nitro benzene ring substituents is 1. The van der Waals surface area contributed by atoms with Crippen LogP contribution in [0.25, 0.3) is 0 Å². The zero-order chi connectivity index (χ0) is 21.5. The summed E-state index contributed by atoms with van der Waals surface area (Å²) in [7, 11) is 0. The fraction of sp³-hybridized carbons (Fsp3) is 0.0455. The molecule has 3 aromatic carbocycles. The Morgan fingerprint density at radius 2 is 1.43 bits per heavy atom. The molecule has 150 valence electrons. The Labute approximate surface area is 178 Å². The summed E-state index contributed by atoms with van der Waals surface area (Å²) in [6.07, 6.45) is 0. The first-order chi connectivity index (χ1) is 14.4. The standard InChI is InChI=1S/C22H16N2O5Se/c1-15(25)29-23-21(16-5-3-2-4-6-16)22(26)17-7-11-19(12-8-17)30-20-13-9-18(10-14-20)24(27)28/h2-14H,1H3/b23-21+. The molecule has 0 amide bonds. The van der Waals surface area contributed by atoms with Gasteiger partial charge in [0.15, 0.2) is 0 Å². The molecule has 3 rings (SSSR count). The first-order valence-corrected chi connectivity index (χ1v) is 10.5. The predicted molar refractivity (Wildman–Crippen MR) is 114 cm³/mol. The van der Waals surface area contributed by atoms with Gasteiger partial charge in [-0.25, -0.2) is 0 Å². The van der Waals surface area contributed by atoms with Crippen molar-refractivity contribution in [3.8, 4) is 0 Å². The monoisotopic (exact) mass is 468 g/mol. The third-order valence-corrected chi connectivity index (χ3v) is 6.06. The van der Waals surface area contributed by atoms with Crippen molar-refractivity contribution in [2.24, 2.45) is 5.16 Å². The molecule has 0 fully saturated rings. The summed E-state index contributed by atoms with van der Waals surface area (Å²) in [6.45, 7) is 1.21. The van der Waals surface area contributed by atoms with Crippen LogP contribution < -0.4 is 8.92 Å². The topological polar surface area (TPSA) is 98.9 Å². The fourth-order valence-electron chi connectivity index (χ4n) is 2.51. The molecule has 0 saturated carbocycles. The Kier molecular flexibility index (Phi) is 6.85. The maximum absolute atomic E-state index is 12.9. The zero-order valence-electron chi connectivity index (χ0n) is 15.8. The van der Waals surface area contributed by atoms with Gasteiger partial charge in [0, 0.05) is 0 Å². The normalized spacial score (nSPS) is 11.0. The van der Waals surface area contributed by atoms with E-state index in [0.717, 1.165) is 8.92 Å². The number of carbonyl (C=O) groups is 2. The molecule has 0 unspecified atom stereocenters. The van der Waals surface area contributed by atoms with E-state index >= 15 is 0 Å². The Morgan fingerprint density at radius 3 is 1.97 bits per heavy atom. The van der Waals surface area contributed by atoms with Gasteiger partial charge in [-0.1, -0.05) is 0 Å². The SMILES string of the molecule is CC(=O)O/N=C(/C(=O)c1ccc([Se]c2ccc([N+](=O)[O-])cc2)cc1)c1ccccc1. The first-order valence-electron chi connectivity index (χ1n) is 8.82. The van der Waals surface area contributed by atoms with Gasteiger partial charge in [0.25, 0.3) is 0 Å². The van der Waals surface area contributed by atoms with Crippen molar-refractivity contribution in [1.82, 2.24) is 0 Å². The number of ketones is 1. The summed E-state index contributed by atoms with van der Waals surface area (Å²) in [5.41, 5.74) is 1.05. The molecule has 0 aliphatic heterocycles. The summed E-state index contributed by atoms with van der Waals surface area (Å²) in [4.78, 5) is 39.1. The van der Waals surface area contributed by atoms with E-state index in [9.17, 15) is 19.7 Å². The fourth-order valence-corrected chi connectivity index (χ4v) is 4.23. The molecule has 0 aliphatic carbocycles. The quantitative estimate of drug-likeness (QED) is 0.133. The predicted octanol–water partition coefficient (Wildman–Crippen LogP) is 2.40. The van der Waals surface area contributed by atoms with Gasteiger partial charge in [-0.2, -0.15) is 0 Å². The van der Waals surface area contributed by atoms with Crippen molar-refractivity contribution >= 4 is 47.0 Å². The molecular formula is C22H16N2O5Se. The van der Waals surface area contributed by atoms with Crippen LogP contribution in [0.5, 0.6) is 0 Å². The second-order valence-electron chi connectivity index (χ2n) is 6.10. The van der Waals surface area contributed by atoms with Gasteiger partial charge in [-0.15, -0.1) is 0 Å². The molecular weight excluding hydrogens is 451 g/mol. The Hall–Kier alpha value is -3.61. The van der Waals surface area contributed by atoms with Crippen molar-refractivity contribution in [3.63, 3.8) is 0 Å². The van der Waals surface area contributed by atoms with E-state index in [0.29, 0.717) is 11.1 Å². The number of benzene rings is 3. The van der Waals surface area contributed by atoms with E-state index < -0.39 is 10.9 Å². The number of rotatable bonds is 7. The molecule has 0 aliphatic rings. The molecule has 0 bridgehead atoms. The second-order valence-corrected chi connectivity index (χ2v) is 8.50. The Bertz CT molecular complexity index is 1090. The number of nitro groups is 1. The molecule has 0 N–H and O–H groups in total. The van der Waals surface area contributed by atoms with Crippen LogP contribution in [0.4, 0.5) is 5.69 Å². The Morgan fingerprint density at radius 1 is 0.867 bits per heavy atom. The van der Waals surface area contributed by atoms with Crippen LogP contribution >= 0.6 is 0 Å². The van der Waals surface area contributed by atoms with Crippen LogP contribution in [0.1, 0.15) is 22.8 Å². The van der Waals surface area contributed by atoms with E-state index in [1.54, 1.807) is 48.5 Å². The summed E-state index contributed by atoms with van der Waals surface area (Å²) >= 11 is -0.0647. The van der Waals surface area contributed by atoms with Crippen LogP contribution in [0.15, 0.2) is 84.0 Å². The minimum atomic E-state index is -0.614. The summed E-state index contributed by atoms with van der Waals surface area (Å²) in [5.74, 6) is -0.978. The summed E-state index contributed by atoms with van der Waals surface area (Å²) in [5, 5.41) is 14.5. The van der Waals surface area contributed by atoms with Crippen molar-refractivity contribution in [2.45, 2.75) is 6.92 Å². The van der Waals surface area contributed by atoms with E-state index in [1.165, 1.54) is 19.1 Å². The van der Waals surface area contributed by atoms with E-state index in [2.05, 4.69) is 5.16 Å². The van der Waals surface area contributed by atoms with E-state index in [1.807, 2.05) is 18.2 Å². The van der Waals surface area contributed by atoms with Crippen LogP contribution in [0.2, 0.25) is 0 Å². The Balaban J connectivity index is 1.79. The molecule has 0 atom stereocenters. The van der Waals surface area contributed by atoms with E-state index in [4.69, 9.17) is 4.84 Å². The third kappa shape index (κ3) is 5.47. The molecule has 3 aromatic rings. The number of oxime groups is 1. The molecule has 30 heavy (non-hydrogen) atoms. The summed E-state index contributed by atoms with van der Waals surface area (Å²) < 4.78 is 1.99. The van der Waals surface area contributed by atoms with Gasteiger partial charge in [-0.05, 0) is 0 Å². The average Bonchev–Trinajstić information content (AvgIpc) is 2.75. The average molecular weight is 467 g/mol. The van der Waals surface area contributed by atoms with Crippen LogP contribution in [-0.4, -0.2) is 37.3 Å². The number of nitrogens with zero attached hydrogens (tertiary/aromatic N) is 2. The number of hydrogen-bond acceptors (Lipinski definition) is 6. The van der Waals surface area contributed by atoms with Gasteiger partial charge in [0.1, 0.15) is 0 Å².